The smallest absolute Gasteiger partial charge is 0.340 e. The third-order valence-corrected chi connectivity index (χ3v) is 8.10. The molecule has 3 aromatic carbocycles. The molecular formula is C32H27NO6. The van der Waals surface area contributed by atoms with Gasteiger partial charge < -0.3 is 18.8 Å². The number of carboxylic acid groups (broad SMARTS) is 1. The molecule has 1 aliphatic rings. The van der Waals surface area contributed by atoms with E-state index in [-0.39, 0.29) is 12.3 Å². The molecule has 6 rings (SSSR count). The predicted molar refractivity (Wildman–Crippen MR) is 148 cm³/mol. The molecule has 1 fully saturated rings. The van der Waals surface area contributed by atoms with Crippen LogP contribution in [0.15, 0.2) is 92.7 Å². The van der Waals surface area contributed by atoms with Crippen LogP contribution in [-0.2, 0) is 21.4 Å². The molecule has 0 bridgehead atoms. The van der Waals surface area contributed by atoms with Gasteiger partial charge in [0.15, 0.2) is 0 Å². The summed E-state index contributed by atoms with van der Waals surface area (Å²) in [5.41, 5.74) is 3.14. The molecule has 0 radical (unpaired) electrons. The largest absolute Gasteiger partial charge is 0.481 e. The van der Waals surface area contributed by atoms with E-state index in [2.05, 4.69) is 0 Å². The van der Waals surface area contributed by atoms with E-state index in [0.717, 1.165) is 27.5 Å². The lowest BCUT2D eigenvalue weighted by molar-refractivity contribution is -0.148. The zero-order valence-electron chi connectivity index (χ0n) is 21.5. The number of carbonyl (C=O) groups excluding carboxylic acids is 1. The molecule has 3 heterocycles. The number of amides is 1. The van der Waals surface area contributed by atoms with Crippen molar-refractivity contribution in [2.75, 3.05) is 13.1 Å². The summed E-state index contributed by atoms with van der Waals surface area (Å²) in [4.78, 5) is 40.2. The molecule has 2 aromatic heterocycles. The van der Waals surface area contributed by atoms with Crippen LogP contribution in [0.5, 0.6) is 0 Å². The number of aryl methyl sites for hydroxylation is 1. The first-order valence-corrected chi connectivity index (χ1v) is 13.0. The number of furan rings is 1. The lowest BCUT2D eigenvalue weighted by Crippen LogP contribution is -2.49. The summed E-state index contributed by atoms with van der Waals surface area (Å²) in [6.45, 7) is 2.43. The summed E-state index contributed by atoms with van der Waals surface area (Å²) in [5, 5.41) is 11.7. The van der Waals surface area contributed by atoms with Crippen LogP contribution < -0.4 is 5.63 Å². The Hall–Kier alpha value is -4.65. The molecule has 7 heteroatoms. The maximum absolute atomic E-state index is 13.3. The second kappa shape index (κ2) is 9.58. The van der Waals surface area contributed by atoms with Gasteiger partial charge >= 0.3 is 11.6 Å². The Balaban J connectivity index is 1.29. The topological polar surface area (TPSA) is 101 Å². The molecule has 0 spiro atoms. The number of aliphatic carboxylic acids is 1. The Morgan fingerprint density at radius 3 is 2.26 bits per heavy atom. The molecular weight excluding hydrogens is 494 g/mol. The highest BCUT2D eigenvalue weighted by molar-refractivity contribution is 6.02. The molecule has 0 aliphatic carbocycles. The van der Waals surface area contributed by atoms with Crippen molar-refractivity contribution < 1.29 is 23.5 Å². The molecule has 0 atom stereocenters. The van der Waals surface area contributed by atoms with Crippen molar-refractivity contribution in [2.45, 2.75) is 31.6 Å². The van der Waals surface area contributed by atoms with Crippen molar-refractivity contribution in [1.29, 1.82) is 0 Å². The van der Waals surface area contributed by atoms with E-state index in [9.17, 15) is 19.5 Å². The fraction of sp³-hybridized carbons (Fsp3) is 0.219. The van der Waals surface area contributed by atoms with Gasteiger partial charge in [-0.05, 0) is 42.5 Å². The fourth-order valence-corrected chi connectivity index (χ4v) is 5.74. The van der Waals surface area contributed by atoms with E-state index in [1.54, 1.807) is 17.2 Å². The normalized spacial score (nSPS) is 15.1. The third-order valence-electron chi connectivity index (χ3n) is 8.10. The molecule has 0 saturated carbocycles. The summed E-state index contributed by atoms with van der Waals surface area (Å²) in [6, 6.07) is 22.7. The second-order valence-corrected chi connectivity index (χ2v) is 10.2. The van der Waals surface area contributed by atoms with E-state index in [1.165, 1.54) is 0 Å². The summed E-state index contributed by atoms with van der Waals surface area (Å²) in [7, 11) is 0. The number of hydrogen-bond acceptors (Lipinski definition) is 5. The number of likely N-dealkylation sites (tertiary alicyclic amines) is 1. The summed E-state index contributed by atoms with van der Waals surface area (Å²) in [6.07, 6.45) is 2.21. The van der Waals surface area contributed by atoms with Gasteiger partial charge in [-0.15, -0.1) is 0 Å². The molecule has 5 aromatic rings. The number of carbonyl (C=O) groups is 2. The van der Waals surface area contributed by atoms with E-state index < -0.39 is 17.0 Å². The van der Waals surface area contributed by atoms with Gasteiger partial charge in [0.1, 0.15) is 11.2 Å². The van der Waals surface area contributed by atoms with Crippen LogP contribution in [0.2, 0.25) is 0 Å². The van der Waals surface area contributed by atoms with Gasteiger partial charge in [0.2, 0.25) is 5.91 Å². The van der Waals surface area contributed by atoms with E-state index in [1.807, 2.05) is 73.7 Å². The Bertz CT molecular complexity index is 1760. The molecule has 196 valence electrons. The summed E-state index contributed by atoms with van der Waals surface area (Å²) < 4.78 is 11.4. The Morgan fingerprint density at radius 2 is 1.59 bits per heavy atom. The number of nitrogens with zero attached hydrogens (tertiary/aromatic N) is 1. The van der Waals surface area contributed by atoms with Crippen LogP contribution in [-0.4, -0.2) is 35.0 Å². The lowest BCUT2D eigenvalue weighted by atomic mass is 9.73. The number of benzene rings is 3. The van der Waals surface area contributed by atoms with E-state index in [0.29, 0.717) is 48.2 Å². The molecule has 0 unspecified atom stereocenters. The molecule has 39 heavy (non-hydrogen) atoms. The van der Waals surface area contributed by atoms with Crippen LogP contribution in [0.3, 0.4) is 0 Å². The first kappa shape index (κ1) is 24.7. The predicted octanol–water partition coefficient (Wildman–Crippen LogP) is 5.70. The number of fused-ring (bicyclic) bond motifs is 2. The SMILES string of the molecule is Cc1c(CC(=O)N2CCC(C(=O)O)(c3ccccc3)CC2)c(=O)oc2cc3occ(-c4ccccc4)c3cc12. The molecule has 7 nitrogen and oxygen atoms in total. The van der Waals surface area contributed by atoms with Gasteiger partial charge in [-0.2, -0.15) is 0 Å². The van der Waals surface area contributed by atoms with Gasteiger partial charge in [0.25, 0.3) is 0 Å². The minimum absolute atomic E-state index is 0.107. The average Bonchev–Trinajstić information content (AvgIpc) is 3.38. The number of piperidine rings is 1. The van der Waals surface area contributed by atoms with Crippen LogP contribution in [0.4, 0.5) is 0 Å². The number of rotatable bonds is 5. The van der Waals surface area contributed by atoms with Gasteiger partial charge in [-0.25, -0.2) is 4.79 Å². The molecule has 1 saturated heterocycles. The van der Waals surface area contributed by atoms with Crippen LogP contribution in [0, 0.1) is 6.92 Å². The lowest BCUT2D eigenvalue weighted by Gasteiger charge is -2.39. The van der Waals surface area contributed by atoms with Gasteiger partial charge in [0.05, 0.1) is 23.7 Å². The third kappa shape index (κ3) is 4.20. The average molecular weight is 522 g/mol. The Kier molecular flexibility index (Phi) is 6.06. The van der Waals surface area contributed by atoms with Crippen molar-refractivity contribution in [3.05, 3.63) is 106 Å². The van der Waals surface area contributed by atoms with Crippen LogP contribution in [0.1, 0.15) is 29.5 Å². The fourth-order valence-electron chi connectivity index (χ4n) is 5.74. The first-order chi connectivity index (χ1) is 18.9. The standard InChI is InChI=1S/C32H27NO6/c1-20-23-16-25-26(21-8-4-2-5-9-21)19-38-27(25)18-28(23)39-30(35)24(20)17-29(34)33-14-12-32(13-15-33,31(36)37)22-10-6-3-7-11-22/h2-11,16,18-19H,12-15,17H2,1H3,(H,36,37). The first-order valence-electron chi connectivity index (χ1n) is 13.0. The van der Waals surface area contributed by atoms with E-state index >= 15 is 0 Å². The van der Waals surface area contributed by atoms with Crippen molar-refractivity contribution in [1.82, 2.24) is 4.90 Å². The van der Waals surface area contributed by atoms with Crippen LogP contribution >= 0.6 is 0 Å². The van der Waals surface area contributed by atoms with Crippen LogP contribution in [0.25, 0.3) is 33.1 Å². The van der Waals surface area contributed by atoms with Gasteiger partial charge in [0, 0.05) is 35.5 Å². The minimum atomic E-state index is -1.03. The van der Waals surface area contributed by atoms with Gasteiger partial charge in [-0.1, -0.05) is 60.7 Å². The van der Waals surface area contributed by atoms with E-state index in [4.69, 9.17) is 8.83 Å². The quantitative estimate of drug-likeness (QED) is 0.298. The van der Waals surface area contributed by atoms with Crippen molar-refractivity contribution in [3.8, 4) is 11.1 Å². The highest BCUT2D eigenvalue weighted by Gasteiger charge is 2.43. The second-order valence-electron chi connectivity index (χ2n) is 10.2. The van der Waals surface area contributed by atoms with Gasteiger partial charge in [-0.3, -0.25) is 9.59 Å². The summed E-state index contributed by atoms with van der Waals surface area (Å²) >= 11 is 0. The molecule has 1 amide bonds. The monoisotopic (exact) mass is 521 g/mol. The zero-order chi connectivity index (χ0) is 27.1. The zero-order valence-corrected chi connectivity index (χ0v) is 21.5. The highest BCUT2D eigenvalue weighted by atomic mass is 16.4. The Labute approximate surface area is 224 Å². The molecule has 1 N–H and O–H groups in total. The number of hydrogen-bond donors (Lipinski definition) is 1. The maximum Gasteiger partial charge on any atom is 0.340 e. The number of carboxylic acids is 1. The maximum atomic E-state index is 13.3. The molecule has 1 aliphatic heterocycles. The van der Waals surface area contributed by atoms with Crippen molar-refractivity contribution >= 4 is 33.8 Å². The highest BCUT2D eigenvalue weighted by Crippen LogP contribution is 2.37. The Morgan fingerprint density at radius 1 is 0.923 bits per heavy atom. The van der Waals surface area contributed by atoms with Crippen molar-refractivity contribution in [2.24, 2.45) is 0 Å². The minimum Gasteiger partial charge on any atom is -0.481 e. The van der Waals surface area contributed by atoms with Crippen molar-refractivity contribution in [3.63, 3.8) is 0 Å². The summed E-state index contributed by atoms with van der Waals surface area (Å²) in [5.74, 6) is -1.10.